The number of nitrogens with one attached hydrogen (secondary N) is 1. The highest BCUT2D eigenvalue weighted by Gasteiger charge is 2.30. The van der Waals surface area contributed by atoms with Gasteiger partial charge in [0.15, 0.2) is 6.10 Å². The van der Waals surface area contributed by atoms with Crippen molar-refractivity contribution in [2.45, 2.75) is 36.7 Å². The Bertz CT molecular complexity index is 1000. The summed E-state index contributed by atoms with van der Waals surface area (Å²) in [6.07, 6.45) is 2.55. The minimum absolute atomic E-state index is 0.189. The van der Waals surface area contributed by atoms with Gasteiger partial charge in [-0.2, -0.15) is 4.31 Å². The molecule has 4 rings (SSSR count). The van der Waals surface area contributed by atoms with Crippen molar-refractivity contribution < 1.29 is 17.9 Å². The minimum atomic E-state index is -3.55. The standard InChI is InChI=1S/C20H21ClN2O4S/c21-15-7-8-18-14(11-15)12-19(27-18)20(24)22-16-5-4-6-17(13-16)28(25,26)23-9-2-1-3-10-23/h4-8,11,13,19H,1-3,9-10,12H2,(H,22,24). The van der Waals surface area contributed by atoms with Crippen LogP contribution in [0.3, 0.4) is 0 Å². The molecule has 0 aliphatic carbocycles. The summed E-state index contributed by atoms with van der Waals surface area (Å²) in [5.74, 6) is 0.325. The Balaban J connectivity index is 1.47. The van der Waals surface area contributed by atoms with Crippen molar-refractivity contribution in [3.05, 3.63) is 53.1 Å². The van der Waals surface area contributed by atoms with E-state index in [1.165, 1.54) is 10.4 Å². The highest BCUT2D eigenvalue weighted by Crippen LogP contribution is 2.31. The van der Waals surface area contributed by atoms with Gasteiger partial charge >= 0.3 is 0 Å². The third kappa shape index (κ3) is 3.87. The van der Waals surface area contributed by atoms with Gasteiger partial charge in [-0.15, -0.1) is 0 Å². The number of ether oxygens (including phenoxy) is 1. The smallest absolute Gasteiger partial charge is 0.265 e. The molecule has 1 saturated heterocycles. The molecule has 2 aliphatic rings. The number of amides is 1. The molecule has 1 unspecified atom stereocenters. The first-order valence-electron chi connectivity index (χ1n) is 9.30. The molecule has 0 bridgehead atoms. The summed E-state index contributed by atoms with van der Waals surface area (Å²) in [6.45, 7) is 1.07. The number of halogens is 1. The Kier molecular flexibility index (Phi) is 5.31. The van der Waals surface area contributed by atoms with E-state index in [0.29, 0.717) is 36.0 Å². The van der Waals surface area contributed by atoms with E-state index in [4.69, 9.17) is 16.3 Å². The average molecular weight is 421 g/mol. The number of benzene rings is 2. The van der Waals surface area contributed by atoms with Crippen LogP contribution in [0, 0.1) is 0 Å². The summed E-state index contributed by atoms with van der Waals surface area (Å²) in [5.41, 5.74) is 1.31. The van der Waals surface area contributed by atoms with Gasteiger partial charge in [0, 0.05) is 30.2 Å². The number of hydrogen-bond acceptors (Lipinski definition) is 4. The van der Waals surface area contributed by atoms with Crippen molar-refractivity contribution in [3.63, 3.8) is 0 Å². The normalized spacial score (nSPS) is 19.7. The molecule has 2 aliphatic heterocycles. The number of hydrogen-bond donors (Lipinski definition) is 1. The number of carbonyl (C=O) groups excluding carboxylic acids is 1. The fourth-order valence-corrected chi connectivity index (χ4v) is 5.33. The van der Waals surface area contributed by atoms with Crippen LogP contribution < -0.4 is 10.1 Å². The van der Waals surface area contributed by atoms with Gasteiger partial charge in [0.05, 0.1) is 4.90 Å². The van der Waals surface area contributed by atoms with Gasteiger partial charge in [0.25, 0.3) is 5.91 Å². The summed E-state index contributed by atoms with van der Waals surface area (Å²) in [5, 5.41) is 3.37. The Labute approximate surface area is 169 Å². The van der Waals surface area contributed by atoms with E-state index in [1.807, 2.05) is 0 Å². The number of sulfonamides is 1. The Morgan fingerprint density at radius 3 is 2.68 bits per heavy atom. The van der Waals surface area contributed by atoms with Crippen LogP contribution in [0.15, 0.2) is 47.4 Å². The third-order valence-corrected chi connectivity index (χ3v) is 7.17. The predicted molar refractivity (Wildman–Crippen MR) is 107 cm³/mol. The van der Waals surface area contributed by atoms with E-state index in [1.54, 1.807) is 36.4 Å². The van der Waals surface area contributed by atoms with Gasteiger partial charge < -0.3 is 10.1 Å². The average Bonchev–Trinajstić information content (AvgIpc) is 3.12. The number of carbonyl (C=O) groups is 1. The lowest BCUT2D eigenvalue weighted by Gasteiger charge is -2.26. The molecule has 1 N–H and O–H groups in total. The molecule has 148 valence electrons. The number of rotatable bonds is 4. The first-order chi connectivity index (χ1) is 13.4. The monoisotopic (exact) mass is 420 g/mol. The molecule has 0 spiro atoms. The molecule has 1 fully saturated rings. The Hall–Kier alpha value is -2.09. The maximum atomic E-state index is 12.8. The summed E-state index contributed by atoms with van der Waals surface area (Å²) in [6, 6.07) is 11.6. The number of nitrogens with zero attached hydrogens (tertiary/aromatic N) is 1. The van der Waals surface area contributed by atoms with Crippen molar-refractivity contribution >= 4 is 33.2 Å². The molecule has 0 aromatic heterocycles. The van der Waals surface area contributed by atoms with Gasteiger partial charge in [-0.1, -0.05) is 24.1 Å². The molecule has 1 atom stereocenters. The summed E-state index contributed by atoms with van der Waals surface area (Å²) >= 11 is 5.99. The fourth-order valence-electron chi connectivity index (χ4n) is 3.57. The van der Waals surface area contributed by atoms with Crippen LogP contribution in [0.5, 0.6) is 5.75 Å². The summed E-state index contributed by atoms with van der Waals surface area (Å²) in [7, 11) is -3.55. The topological polar surface area (TPSA) is 75.7 Å². The van der Waals surface area contributed by atoms with Crippen LogP contribution in [0.25, 0.3) is 0 Å². The molecule has 28 heavy (non-hydrogen) atoms. The second-order valence-corrected chi connectivity index (χ2v) is 9.42. The van der Waals surface area contributed by atoms with Gasteiger partial charge in [-0.25, -0.2) is 8.42 Å². The van der Waals surface area contributed by atoms with E-state index in [2.05, 4.69) is 5.32 Å². The molecule has 0 radical (unpaired) electrons. The number of anilines is 1. The van der Waals surface area contributed by atoms with Crippen LogP contribution in [0.4, 0.5) is 5.69 Å². The zero-order valence-electron chi connectivity index (χ0n) is 15.2. The summed E-state index contributed by atoms with van der Waals surface area (Å²) in [4.78, 5) is 12.8. The molecule has 0 saturated carbocycles. The predicted octanol–water partition coefficient (Wildman–Crippen LogP) is 3.46. The van der Waals surface area contributed by atoms with E-state index < -0.39 is 16.1 Å². The van der Waals surface area contributed by atoms with E-state index in [-0.39, 0.29) is 10.8 Å². The van der Waals surface area contributed by atoms with Crippen LogP contribution in [-0.2, 0) is 21.2 Å². The first kappa shape index (κ1) is 19.2. The van der Waals surface area contributed by atoms with Crippen molar-refractivity contribution in [3.8, 4) is 5.75 Å². The van der Waals surface area contributed by atoms with Gasteiger partial charge in [-0.05, 0) is 54.8 Å². The van der Waals surface area contributed by atoms with Crippen molar-refractivity contribution in [2.24, 2.45) is 0 Å². The number of piperidine rings is 1. The zero-order chi connectivity index (χ0) is 19.7. The second kappa shape index (κ2) is 7.73. The van der Waals surface area contributed by atoms with Gasteiger partial charge in [0.1, 0.15) is 5.75 Å². The van der Waals surface area contributed by atoms with Gasteiger partial charge in [-0.3, -0.25) is 4.79 Å². The minimum Gasteiger partial charge on any atom is -0.480 e. The van der Waals surface area contributed by atoms with Crippen molar-refractivity contribution in [2.75, 3.05) is 18.4 Å². The highest BCUT2D eigenvalue weighted by atomic mass is 35.5. The zero-order valence-corrected chi connectivity index (χ0v) is 16.8. The molecule has 6 nitrogen and oxygen atoms in total. The number of fused-ring (bicyclic) bond motifs is 1. The lowest BCUT2D eigenvalue weighted by molar-refractivity contribution is -0.122. The largest absolute Gasteiger partial charge is 0.480 e. The summed E-state index contributed by atoms with van der Waals surface area (Å²) < 4.78 is 32.9. The van der Waals surface area contributed by atoms with E-state index in [9.17, 15) is 13.2 Å². The Morgan fingerprint density at radius 2 is 1.89 bits per heavy atom. The van der Waals surface area contributed by atoms with Crippen LogP contribution in [0.2, 0.25) is 5.02 Å². The van der Waals surface area contributed by atoms with Crippen LogP contribution in [0.1, 0.15) is 24.8 Å². The first-order valence-corrected chi connectivity index (χ1v) is 11.1. The molecular weight excluding hydrogens is 400 g/mol. The van der Waals surface area contributed by atoms with E-state index >= 15 is 0 Å². The molecule has 2 aromatic carbocycles. The molecule has 8 heteroatoms. The third-order valence-electron chi connectivity index (χ3n) is 5.04. The second-order valence-electron chi connectivity index (χ2n) is 7.04. The maximum absolute atomic E-state index is 12.8. The van der Waals surface area contributed by atoms with E-state index in [0.717, 1.165) is 24.8 Å². The molecular formula is C20H21ClN2O4S. The molecule has 1 amide bonds. The van der Waals surface area contributed by atoms with Crippen molar-refractivity contribution in [1.29, 1.82) is 0 Å². The van der Waals surface area contributed by atoms with Gasteiger partial charge in [0.2, 0.25) is 10.0 Å². The van der Waals surface area contributed by atoms with Crippen LogP contribution in [-0.4, -0.2) is 37.8 Å². The quantitative estimate of drug-likeness (QED) is 0.821. The van der Waals surface area contributed by atoms with Crippen LogP contribution >= 0.6 is 11.6 Å². The molecule has 2 aromatic rings. The molecule has 2 heterocycles. The SMILES string of the molecule is O=C(Nc1cccc(S(=O)(=O)N2CCCCC2)c1)C1Cc2cc(Cl)ccc2O1. The van der Waals surface area contributed by atoms with Crippen molar-refractivity contribution in [1.82, 2.24) is 4.31 Å². The fraction of sp³-hybridized carbons (Fsp3) is 0.350. The maximum Gasteiger partial charge on any atom is 0.265 e. The lowest BCUT2D eigenvalue weighted by atomic mass is 10.1. The lowest BCUT2D eigenvalue weighted by Crippen LogP contribution is -2.35. The Morgan fingerprint density at radius 1 is 1.11 bits per heavy atom. The highest BCUT2D eigenvalue weighted by molar-refractivity contribution is 7.89.